The van der Waals surface area contributed by atoms with Crippen LogP contribution in [-0.4, -0.2) is 18.2 Å². The normalized spacial score (nSPS) is 10.8. The second kappa shape index (κ2) is 6.24. The Morgan fingerprint density at radius 1 is 1.28 bits per heavy atom. The average molecular weight is 248 g/mol. The summed E-state index contributed by atoms with van der Waals surface area (Å²) >= 11 is 0. The van der Waals surface area contributed by atoms with Crippen molar-refractivity contribution in [3.8, 4) is 5.75 Å². The molecule has 0 fully saturated rings. The maximum absolute atomic E-state index is 11.6. The molecular formula is C15H20O3. The van der Waals surface area contributed by atoms with E-state index in [9.17, 15) is 4.79 Å². The van der Waals surface area contributed by atoms with Gasteiger partial charge in [0.05, 0.1) is 6.42 Å². The van der Waals surface area contributed by atoms with Crippen LogP contribution in [0.5, 0.6) is 5.75 Å². The molecule has 3 heteroatoms. The van der Waals surface area contributed by atoms with E-state index in [0.717, 1.165) is 11.3 Å². The Hall–Kier alpha value is -1.77. The van der Waals surface area contributed by atoms with E-state index in [1.54, 1.807) is 6.08 Å². The van der Waals surface area contributed by atoms with Gasteiger partial charge in [-0.25, -0.2) is 0 Å². The van der Waals surface area contributed by atoms with E-state index in [0.29, 0.717) is 6.61 Å². The predicted molar refractivity (Wildman–Crippen MR) is 71.7 cm³/mol. The summed E-state index contributed by atoms with van der Waals surface area (Å²) in [6, 6.07) is 7.40. The summed E-state index contributed by atoms with van der Waals surface area (Å²) in [6.45, 7) is 9.63. The molecule has 1 aromatic rings. The van der Waals surface area contributed by atoms with Crippen LogP contribution in [0.3, 0.4) is 0 Å². The van der Waals surface area contributed by atoms with Gasteiger partial charge in [-0.1, -0.05) is 24.8 Å². The largest absolute Gasteiger partial charge is 0.490 e. The minimum Gasteiger partial charge on any atom is -0.490 e. The molecule has 1 rings (SSSR count). The average Bonchev–Trinajstić information content (AvgIpc) is 2.25. The van der Waals surface area contributed by atoms with Gasteiger partial charge >= 0.3 is 5.97 Å². The topological polar surface area (TPSA) is 35.5 Å². The highest BCUT2D eigenvalue weighted by Crippen LogP contribution is 2.14. The molecule has 98 valence electrons. The Labute approximate surface area is 108 Å². The number of ether oxygens (including phenoxy) is 2. The molecule has 0 spiro atoms. The van der Waals surface area contributed by atoms with Crippen LogP contribution >= 0.6 is 0 Å². The molecule has 18 heavy (non-hydrogen) atoms. The van der Waals surface area contributed by atoms with Gasteiger partial charge < -0.3 is 9.47 Å². The molecule has 3 nitrogen and oxygen atoms in total. The van der Waals surface area contributed by atoms with E-state index in [-0.39, 0.29) is 12.4 Å². The summed E-state index contributed by atoms with van der Waals surface area (Å²) in [5.74, 6) is 0.546. The number of carbonyl (C=O) groups excluding carboxylic acids is 1. The first kappa shape index (κ1) is 14.3. The molecule has 0 aliphatic heterocycles. The lowest BCUT2D eigenvalue weighted by atomic mass is 10.1. The van der Waals surface area contributed by atoms with Gasteiger partial charge in [0.25, 0.3) is 0 Å². The fourth-order valence-corrected chi connectivity index (χ4v) is 1.40. The van der Waals surface area contributed by atoms with Crippen LogP contribution in [-0.2, 0) is 16.0 Å². The zero-order valence-electron chi connectivity index (χ0n) is 11.2. The fourth-order valence-electron chi connectivity index (χ4n) is 1.40. The van der Waals surface area contributed by atoms with Crippen LogP contribution in [0.2, 0.25) is 0 Å². The van der Waals surface area contributed by atoms with Crippen molar-refractivity contribution in [2.75, 3.05) is 6.61 Å². The highest BCUT2D eigenvalue weighted by Gasteiger charge is 2.16. The van der Waals surface area contributed by atoms with Gasteiger partial charge in [0, 0.05) is 0 Å². The Balaban J connectivity index is 2.53. The zero-order chi connectivity index (χ0) is 13.6. The predicted octanol–water partition coefficient (Wildman–Crippen LogP) is 3.14. The molecule has 0 unspecified atom stereocenters. The molecule has 1 aromatic carbocycles. The third-order valence-electron chi connectivity index (χ3n) is 2.06. The molecule has 0 bridgehead atoms. The van der Waals surface area contributed by atoms with Gasteiger partial charge in [0.15, 0.2) is 0 Å². The molecule has 0 amide bonds. The number of carbonyl (C=O) groups is 1. The van der Waals surface area contributed by atoms with Crippen molar-refractivity contribution in [1.82, 2.24) is 0 Å². The summed E-state index contributed by atoms with van der Waals surface area (Å²) in [7, 11) is 0. The van der Waals surface area contributed by atoms with Crippen molar-refractivity contribution in [1.29, 1.82) is 0 Å². The zero-order valence-corrected chi connectivity index (χ0v) is 11.2. The maximum Gasteiger partial charge on any atom is 0.310 e. The minimum atomic E-state index is -0.440. The van der Waals surface area contributed by atoms with Crippen molar-refractivity contribution < 1.29 is 14.3 Å². The van der Waals surface area contributed by atoms with Gasteiger partial charge in [-0.2, -0.15) is 0 Å². The highest BCUT2D eigenvalue weighted by molar-refractivity contribution is 5.73. The summed E-state index contributed by atoms with van der Waals surface area (Å²) in [4.78, 5) is 11.6. The summed E-state index contributed by atoms with van der Waals surface area (Å²) in [6.07, 6.45) is 1.97. The molecule has 0 aromatic heterocycles. The maximum atomic E-state index is 11.6. The summed E-state index contributed by atoms with van der Waals surface area (Å²) in [5, 5.41) is 0. The second-order valence-corrected chi connectivity index (χ2v) is 5.01. The van der Waals surface area contributed by atoms with Gasteiger partial charge in [0.1, 0.15) is 18.0 Å². The molecule has 0 N–H and O–H groups in total. The summed E-state index contributed by atoms with van der Waals surface area (Å²) < 4.78 is 10.6. The Morgan fingerprint density at radius 3 is 2.39 bits per heavy atom. The van der Waals surface area contributed by atoms with Crippen LogP contribution in [0.1, 0.15) is 26.3 Å². The SMILES string of the molecule is C=CCOc1ccc(CC(=O)OC(C)(C)C)cc1. The summed E-state index contributed by atoms with van der Waals surface area (Å²) in [5.41, 5.74) is 0.472. The van der Waals surface area contributed by atoms with Crippen molar-refractivity contribution >= 4 is 5.97 Å². The first-order valence-electron chi connectivity index (χ1n) is 5.95. The van der Waals surface area contributed by atoms with E-state index in [1.807, 2.05) is 45.0 Å². The number of hydrogen-bond acceptors (Lipinski definition) is 3. The van der Waals surface area contributed by atoms with Gasteiger partial charge in [0.2, 0.25) is 0 Å². The van der Waals surface area contributed by atoms with Crippen LogP contribution < -0.4 is 4.74 Å². The van der Waals surface area contributed by atoms with E-state index < -0.39 is 5.60 Å². The first-order chi connectivity index (χ1) is 8.40. The molecule has 0 atom stereocenters. The smallest absolute Gasteiger partial charge is 0.310 e. The lowest BCUT2D eigenvalue weighted by Gasteiger charge is -2.19. The second-order valence-electron chi connectivity index (χ2n) is 5.01. The molecule has 0 saturated heterocycles. The monoisotopic (exact) mass is 248 g/mol. The van der Waals surface area contributed by atoms with Gasteiger partial charge in [-0.15, -0.1) is 0 Å². The van der Waals surface area contributed by atoms with E-state index in [2.05, 4.69) is 6.58 Å². The van der Waals surface area contributed by atoms with Crippen LogP contribution in [0.15, 0.2) is 36.9 Å². The van der Waals surface area contributed by atoms with Crippen molar-refractivity contribution in [2.24, 2.45) is 0 Å². The van der Waals surface area contributed by atoms with E-state index in [1.165, 1.54) is 0 Å². The van der Waals surface area contributed by atoms with Gasteiger partial charge in [-0.05, 0) is 38.5 Å². The molecule has 0 saturated carbocycles. The van der Waals surface area contributed by atoms with E-state index >= 15 is 0 Å². The Bertz CT molecular complexity index is 399. The number of benzene rings is 1. The van der Waals surface area contributed by atoms with E-state index in [4.69, 9.17) is 9.47 Å². The lowest BCUT2D eigenvalue weighted by molar-refractivity contribution is -0.153. The van der Waals surface area contributed by atoms with Gasteiger partial charge in [-0.3, -0.25) is 4.79 Å². The molecule has 0 aliphatic carbocycles. The van der Waals surface area contributed by atoms with Crippen molar-refractivity contribution in [2.45, 2.75) is 32.8 Å². The molecule has 0 aliphatic rings. The third kappa shape index (κ3) is 5.53. The Morgan fingerprint density at radius 2 is 1.89 bits per heavy atom. The molecule has 0 radical (unpaired) electrons. The van der Waals surface area contributed by atoms with Crippen molar-refractivity contribution in [3.05, 3.63) is 42.5 Å². The van der Waals surface area contributed by atoms with Crippen molar-refractivity contribution in [3.63, 3.8) is 0 Å². The minimum absolute atomic E-state index is 0.220. The van der Waals surface area contributed by atoms with Crippen LogP contribution in [0, 0.1) is 0 Å². The highest BCUT2D eigenvalue weighted by atomic mass is 16.6. The van der Waals surface area contributed by atoms with Crippen LogP contribution in [0.25, 0.3) is 0 Å². The first-order valence-corrected chi connectivity index (χ1v) is 5.95. The van der Waals surface area contributed by atoms with Crippen LogP contribution in [0.4, 0.5) is 0 Å². The quantitative estimate of drug-likeness (QED) is 0.593. The number of esters is 1. The molecule has 0 heterocycles. The standard InChI is InChI=1S/C15H20O3/c1-5-10-17-13-8-6-12(7-9-13)11-14(16)18-15(2,3)4/h5-9H,1,10-11H2,2-4H3. The number of hydrogen-bond donors (Lipinski definition) is 0. The fraction of sp³-hybridized carbons (Fsp3) is 0.400. The lowest BCUT2D eigenvalue weighted by Crippen LogP contribution is -2.24. The molecular weight excluding hydrogens is 228 g/mol. The third-order valence-corrected chi connectivity index (χ3v) is 2.06. The number of rotatable bonds is 5. The Kier molecular flexibility index (Phi) is 4.95.